The van der Waals surface area contributed by atoms with Gasteiger partial charge in [-0.2, -0.15) is 5.10 Å². The highest BCUT2D eigenvalue weighted by Gasteiger charge is 2.23. The summed E-state index contributed by atoms with van der Waals surface area (Å²) in [5.41, 5.74) is 11.7. The highest BCUT2D eigenvalue weighted by molar-refractivity contribution is 5.88. The van der Waals surface area contributed by atoms with Crippen molar-refractivity contribution < 1.29 is 0 Å². The van der Waals surface area contributed by atoms with E-state index in [1.165, 1.54) is 25.0 Å². The molecule has 0 amide bonds. The molecule has 0 aromatic rings. The molecule has 0 radical (unpaired) electrons. The van der Waals surface area contributed by atoms with Gasteiger partial charge in [-0.25, -0.2) is 0 Å². The quantitative estimate of drug-likeness (QED) is 0.398. The van der Waals surface area contributed by atoms with Crippen LogP contribution < -0.4 is 11.5 Å². The number of rotatable bonds is 2. The van der Waals surface area contributed by atoms with Gasteiger partial charge >= 0.3 is 0 Å². The van der Waals surface area contributed by atoms with Crippen LogP contribution in [0.3, 0.4) is 0 Å². The predicted molar refractivity (Wildman–Crippen MR) is 60.0 cm³/mol. The molecule has 0 aliphatic heterocycles. The van der Waals surface area contributed by atoms with Crippen LogP contribution >= 0.6 is 0 Å². The van der Waals surface area contributed by atoms with Crippen LogP contribution in [0.2, 0.25) is 0 Å². The Hall–Kier alpha value is -1.06. The van der Waals surface area contributed by atoms with Gasteiger partial charge in [0, 0.05) is 11.6 Å². The van der Waals surface area contributed by atoms with Crippen molar-refractivity contribution in [2.24, 2.45) is 33.5 Å². The van der Waals surface area contributed by atoms with Crippen molar-refractivity contribution in [3.8, 4) is 0 Å². The van der Waals surface area contributed by atoms with Gasteiger partial charge in [-0.1, -0.05) is 20.3 Å². The third-order valence-electron chi connectivity index (χ3n) is 2.72. The molecule has 4 N–H and O–H groups in total. The summed E-state index contributed by atoms with van der Waals surface area (Å²) in [6.45, 7) is 4.45. The summed E-state index contributed by atoms with van der Waals surface area (Å²) in [4.78, 5) is 0. The summed E-state index contributed by atoms with van der Waals surface area (Å²) in [6.07, 6.45) is 4.77. The van der Waals surface area contributed by atoms with E-state index in [0.717, 1.165) is 6.42 Å². The Morgan fingerprint density at radius 3 is 2.64 bits per heavy atom. The maximum Gasteiger partial charge on any atom is 0.211 e. The Labute approximate surface area is 85.5 Å². The van der Waals surface area contributed by atoms with Crippen LogP contribution in [0.15, 0.2) is 10.2 Å². The van der Waals surface area contributed by atoms with Crippen LogP contribution in [-0.2, 0) is 0 Å². The molecule has 1 atom stereocenters. The first-order valence-electron chi connectivity index (χ1n) is 5.26. The lowest BCUT2D eigenvalue weighted by molar-refractivity contribution is 0.415. The predicted octanol–water partition coefficient (Wildman–Crippen LogP) is 1.46. The fourth-order valence-corrected chi connectivity index (χ4v) is 1.99. The molecule has 4 heteroatoms. The first-order chi connectivity index (χ1) is 6.61. The van der Waals surface area contributed by atoms with Gasteiger partial charge < -0.3 is 11.5 Å². The SMILES string of the molecule is CC(C)C1CCCCC1=NN=C(N)N. The van der Waals surface area contributed by atoms with E-state index in [9.17, 15) is 0 Å². The number of hydrogen-bond acceptors (Lipinski definition) is 2. The van der Waals surface area contributed by atoms with Crippen molar-refractivity contribution in [3.63, 3.8) is 0 Å². The van der Waals surface area contributed by atoms with E-state index in [0.29, 0.717) is 11.8 Å². The monoisotopic (exact) mass is 196 g/mol. The normalized spacial score (nSPS) is 25.4. The highest BCUT2D eigenvalue weighted by atomic mass is 15.3. The zero-order valence-corrected chi connectivity index (χ0v) is 9.03. The first kappa shape index (κ1) is 11.0. The Kier molecular flexibility index (Phi) is 3.92. The minimum Gasteiger partial charge on any atom is -0.369 e. The summed E-state index contributed by atoms with van der Waals surface area (Å²) in [5, 5.41) is 7.88. The minimum absolute atomic E-state index is 0.0468. The maximum absolute atomic E-state index is 5.25. The largest absolute Gasteiger partial charge is 0.369 e. The molecule has 0 heterocycles. The number of nitrogens with two attached hydrogens (primary N) is 2. The zero-order valence-electron chi connectivity index (χ0n) is 9.03. The summed E-state index contributed by atoms with van der Waals surface area (Å²) in [5.74, 6) is 1.24. The van der Waals surface area contributed by atoms with Crippen molar-refractivity contribution in [3.05, 3.63) is 0 Å². The molecule has 0 spiro atoms. The van der Waals surface area contributed by atoms with Gasteiger partial charge in [0.25, 0.3) is 0 Å². The molecular formula is C10H20N4. The van der Waals surface area contributed by atoms with Crippen molar-refractivity contribution in [1.29, 1.82) is 0 Å². The van der Waals surface area contributed by atoms with Crippen LogP contribution in [-0.4, -0.2) is 11.7 Å². The van der Waals surface area contributed by atoms with Gasteiger partial charge in [0.05, 0.1) is 0 Å². The van der Waals surface area contributed by atoms with Gasteiger partial charge in [-0.05, 0) is 25.2 Å². The lowest BCUT2D eigenvalue weighted by Gasteiger charge is -2.26. The van der Waals surface area contributed by atoms with Crippen LogP contribution in [0.5, 0.6) is 0 Å². The third kappa shape index (κ3) is 3.01. The molecule has 1 aliphatic carbocycles. The van der Waals surface area contributed by atoms with Crippen molar-refractivity contribution in [1.82, 2.24) is 0 Å². The van der Waals surface area contributed by atoms with Gasteiger partial charge in [-0.15, -0.1) is 5.10 Å². The highest BCUT2D eigenvalue weighted by Crippen LogP contribution is 2.27. The topological polar surface area (TPSA) is 76.8 Å². The van der Waals surface area contributed by atoms with E-state index in [1.807, 2.05) is 0 Å². The van der Waals surface area contributed by atoms with Crippen molar-refractivity contribution in [2.75, 3.05) is 0 Å². The van der Waals surface area contributed by atoms with E-state index in [4.69, 9.17) is 11.5 Å². The molecule has 1 aliphatic rings. The number of guanidine groups is 1. The third-order valence-corrected chi connectivity index (χ3v) is 2.72. The van der Waals surface area contributed by atoms with E-state index in [2.05, 4.69) is 24.1 Å². The average Bonchev–Trinajstić information content (AvgIpc) is 2.15. The second-order valence-electron chi connectivity index (χ2n) is 4.21. The molecule has 4 nitrogen and oxygen atoms in total. The van der Waals surface area contributed by atoms with E-state index in [1.54, 1.807) is 0 Å². The number of nitrogens with zero attached hydrogens (tertiary/aromatic N) is 2. The van der Waals surface area contributed by atoms with Crippen molar-refractivity contribution >= 4 is 11.7 Å². The van der Waals surface area contributed by atoms with Crippen LogP contribution in [0, 0.1) is 11.8 Å². The molecule has 1 fully saturated rings. The van der Waals surface area contributed by atoms with Crippen molar-refractivity contribution in [2.45, 2.75) is 39.5 Å². The molecule has 0 aromatic carbocycles. The molecule has 0 saturated heterocycles. The number of hydrogen-bond donors (Lipinski definition) is 2. The molecule has 1 rings (SSSR count). The van der Waals surface area contributed by atoms with E-state index in [-0.39, 0.29) is 5.96 Å². The van der Waals surface area contributed by atoms with Gasteiger partial charge in [0.15, 0.2) is 0 Å². The Balaban J connectivity index is 2.72. The molecule has 1 unspecified atom stereocenters. The fourth-order valence-electron chi connectivity index (χ4n) is 1.99. The second kappa shape index (κ2) is 4.98. The Morgan fingerprint density at radius 1 is 1.36 bits per heavy atom. The van der Waals surface area contributed by atoms with E-state index >= 15 is 0 Å². The fraction of sp³-hybridized carbons (Fsp3) is 0.800. The molecule has 1 saturated carbocycles. The zero-order chi connectivity index (χ0) is 10.6. The summed E-state index contributed by atoms with van der Waals surface area (Å²) in [7, 11) is 0. The smallest absolute Gasteiger partial charge is 0.211 e. The lowest BCUT2D eigenvalue weighted by atomic mass is 9.80. The molecular weight excluding hydrogens is 176 g/mol. The molecule has 0 bridgehead atoms. The van der Waals surface area contributed by atoms with Gasteiger partial charge in [-0.3, -0.25) is 0 Å². The van der Waals surface area contributed by atoms with Crippen LogP contribution in [0.25, 0.3) is 0 Å². The molecule has 80 valence electrons. The average molecular weight is 196 g/mol. The summed E-state index contributed by atoms with van der Waals surface area (Å²) >= 11 is 0. The first-order valence-corrected chi connectivity index (χ1v) is 5.26. The molecule has 14 heavy (non-hydrogen) atoms. The lowest BCUT2D eigenvalue weighted by Crippen LogP contribution is -2.25. The minimum atomic E-state index is 0.0468. The Bertz CT molecular complexity index is 239. The summed E-state index contributed by atoms with van der Waals surface area (Å²) in [6, 6.07) is 0. The van der Waals surface area contributed by atoms with E-state index < -0.39 is 0 Å². The van der Waals surface area contributed by atoms with Crippen LogP contribution in [0.4, 0.5) is 0 Å². The summed E-state index contributed by atoms with van der Waals surface area (Å²) < 4.78 is 0. The standard InChI is InChI=1S/C10H20N4/c1-7(2)8-5-3-4-6-9(8)13-14-10(11)12/h7-8H,3-6H2,1-2H3,(H4,11,12,14). The second-order valence-corrected chi connectivity index (χ2v) is 4.21. The van der Waals surface area contributed by atoms with Gasteiger partial charge in [0.2, 0.25) is 5.96 Å². The maximum atomic E-state index is 5.25. The van der Waals surface area contributed by atoms with Gasteiger partial charge in [0.1, 0.15) is 0 Å². The molecule has 0 aromatic heterocycles. The van der Waals surface area contributed by atoms with Crippen LogP contribution in [0.1, 0.15) is 39.5 Å². The Morgan fingerprint density at radius 2 is 2.07 bits per heavy atom.